The molecule has 5 nitrogen and oxygen atoms in total. The van der Waals surface area contributed by atoms with Gasteiger partial charge in [0.25, 0.3) is 10.0 Å². The first-order valence-corrected chi connectivity index (χ1v) is 9.22. The molecule has 122 valence electrons. The summed E-state index contributed by atoms with van der Waals surface area (Å²) in [6, 6.07) is 8.29. The summed E-state index contributed by atoms with van der Waals surface area (Å²) in [5, 5.41) is 0. The molecule has 1 N–H and O–H groups in total. The molecule has 0 spiro atoms. The molecule has 0 aliphatic heterocycles. The minimum Gasteiger partial charge on any atom is -0.490 e. The average Bonchev–Trinajstić information content (AvgIpc) is 3.00. The standard InChI is InChI=1S/C17H20N2O3S/c1-13-10-14(12-18-11-13)19-23(20,21)17-8-6-16(7-9-17)22-15-4-2-3-5-15/h6-12,15,19H,2-5H2,1H3. The quantitative estimate of drug-likeness (QED) is 0.910. The number of aryl methyl sites for hydroxylation is 1. The van der Waals surface area contributed by atoms with Crippen molar-refractivity contribution < 1.29 is 13.2 Å². The van der Waals surface area contributed by atoms with Gasteiger partial charge in [0.05, 0.1) is 22.9 Å². The molecule has 1 aliphatic rings. The minimum absolute atomic E-state index is 0.206. The highest BCUT2D eigenvalue weighted by atomic mass is 32.2. The van der Waals surface area contributed by atoms with Gasteiger partial charge < -0.3 is 4.74 Å². The predicted molar refractivity (Wildman–Crippen MR) is 89.1 cm³/mol. The third-order valence-electron chi connectivity index (χ3n) is 3.87. The van der Waals surface area contributed by atoms with Crippen LogP contribution in [-0.2, 0) is 10.0 Å². The molecule has 0 saturated heterocycles. The largest absolute Gasteiger partial charge is 0.490 e. The predicted octanol–water partition coefficient (Wildman–Crippen LogP) is 3.51. The van der Waals surface area contributed by atoms with Gasteiger partial charge in [-0.05, 0) is 68.5 Å². The molecule has 1 fully saturated rings. The zero-order chi connectivity index (χ0) is 16.3. The molecule has 0 unspecified atom stereocenters. The molecule has 0 bridgehead atoms. The van der Waals surface area contributed by atoms with E-state index < -0.39 is 10.0 Å². The lowest BCUT2D eigenvalue weighted by Crippen LogP contribution is -2.14. The fourth-order valence-electron chi connectivity index (χ4n) is 2.72. The highest BCUT2D eigenvalue weighted by Crippen LogP contribution is 2.25. The summed E-state index contributed by atoms with van der Waals surface area (Å²) in [5.41, 5.74) is 1.35. The van der Waals surface area contributed by atoms with Crippen molar-refractivity contribution in [3.8, 4) is 5.75 Å². The van der Waals surface area contributed by atoms with E-state index in [1.54, 1.807) is 36.5 Å². The summed E-state index contributed by atoms with van der Waals surface area (Å²) in [6.07, 6.45) is 7.96. The molecule has 0 radical (unpaired) electrons. The topological polar surface area (TPSA) is 68.3 Å². The van der Waals surface area contributed by atoms with Crippen molar-refractivity contribution >= 4 is 15.7 Å². The van der Waals surface area contributed by atoms with E-state index in [1.165, 1.54) is 19.0 Å². The lowest BCUT2D eigenvalue weighted by atomic mass is 10.3. The average molecular weight is 332 g/mol. The first kappa shape index (κ1) is 15.8. The van der Waals surface area contributed by atoms with Gasteiger partial charge in [0.1, 0.15) is 5.75 Å². The normalized spacial score (nSPS) is 15.5. The van der Waals surface area contributed by atoms with Crippen LogP contribution in [0.3, 0.4) is 0 Å². The Bertz CT molecular complexity index is 767. The van der Waals surface area contributed by atoms with Gasteiger partial charge in [-0.1, -0.05) is 0 Å². The maximum Gasteiger partial charge on any atom is 0.261 e. The van der Waals surface area contributed by atoms with E-state index in [2.05, 4.69) is 9.71 Å². The number of aromatic nitrogens is 1. The van der Waals surface area contributed by atoms with E-state index in [0.29, 0.717) is 11.4 Å². The van der Waals surface area contributed by atoms with Crippen LogP contribution in [-0.4, -0.2) is 19.5 Å². The Morgan fingerprint density at radius 2 is 1.83 bits per heavy atom. The third-order valence-corrected chi connectivity index (χ3v) is 5.26. The number of benzene rings is 1. The number of nitrogens with zero attached hydrogens (tertiary/aromatic N) is 1. The van der Waals surface area contributed by atoms with Crippen molar-refractivity contribution in [2.75, 3.05) is 4.72 Å². The lowest BCUT2D eigenvalue weighted by Gasteiger charge is -2.13. The van der Waals surface area contributed by atoms with E-state index in [1.807, 2.05) is 6.92 Å². The number of anilines is 1. The van der Waals surface area contributed by atoms with E-state index in [0.717, 1.165) is 18.4 Å². The van der Waals surface area contributed by atoms with E-state index in [9.17, 15) is 8.42 Å². The molecule has 1 saturated carbocycles. The second kappa shape index (κ2) is 6.58. The van der Waals surface area contributed by atoms with Crippen LogP contribution in [0.2, 0.25) is 0 Å². The molecule has 0 atom stereocenters. The fourth-order valence-corrected chi connectivity index (χ4v) is 3.76. The summed E-state index contributed by atoms with van der Waals surface area (Å²) in [5.74, 6) is 0.716. The molecule has 2 aromatic rings. The van der Waals surface area contributed by atoms with Crippen molar-refractivity contribution in [1.29, 1.82) is 0 Å². The molecular weight excluding hydrogens is 312 g/mol. The monoisotopic (exact) mass is 332 g/mol. The number of pyridine rings is 1. The van der Waals surface area contributed by atoms with Crippen molar-refractivity contribution in [3.05, 3.63) is 48.3 Å². The number of hydrogen-bond donors (Lipinski definition) is 1. The first-order valence-electron chi connectivity index (χ1n) is 7.74. The number of rotatable bonds is 5. The van der Waals surface area contributed by atoms with E-state index in [-0.39, 0.29) is 11.0 Å². The van der Waals surface area contributed by atoms with E-state index >= 15 is 0 Å². The number of nitrogens with one attached hydrogen (secondary N) is 1. The number of ether oxygens (including phenoxy) is 1. The van der Waals surface area contributed by atoms with Gasteiger partial charge in [0, 0.05) is 6.20 Å². The van der Waals surface area contributed by atoms with Crippen LogP contribution in [0.15, 0.2) is 47.6 Å². The summed E-state index contributed by atoms with van der Waals surface area (Å²) in [4.78, 5) is 4.19. The molecule has 0 amide bonds. The molecule has 1 aromatic carbocycles. The van der Waals surface area contributed by atoms with Crippen molar-refractivity contribution in [1.82, 2.24) is 4.98 Å². The Kier molecular flexibility index (Phi) is 4.52. The molecule has 1 aliphatic carbocycles. The number of hydrogen-bond acceptors (Lipinski definition) is 4. The van der Waals surface area contributed by atoms with Gasteiger partial charge in [-0.25, -0.2) is 8.42 Å². The Balaban J connectivity index is 1.72. The van der Waals surface area contributed by atoms with Crippen LogP contribution >= 0.6 is 0 Å². The Morgan fingerprint density at radius 3 is 2.48 bits per heavy atom. The van der Waals surface area contributed by atoms with Gasteiger partial charge in [-0.3, -0.25) is 9.71 Å². The van der Waals surface area contributed by atoms with Crippen LogP contribution in [0.25, 0.3) is 0 Å². The van der Waals surface area contributed by atoms with E-state index in [4.69, 9.17) is 4.74 Å². The maximum absolute atomic E-state index is 12.4. The Morgan fingerprint density at radius 1 is 1.13 bits per heavy atom. The summed E-state index contributed by atoms with van der Waals surface area (Å²) in [6.45, 7) is 1.86. The smallest absolute Gasteiger partial charge is 0.261 e. The summed E-state index contributed by atoms with van der Waals surface area (Å²) in [7, 11) is -3.62. The van der Waals surface area contributed by atoms with Crippen molar-refractivity contribution in [2.45, 2.75) is 43.6 Å². The molecular formula is C17H20N2O3S. The molecule has 6 heteroatoms. The SMILES string of the molecule is Cc1cncc(NS(=O)(=O)c2ccc(OC3CCCC3)cc2)c1. The van der Waals surface area contributed by atoms with Gasteiger partial charge in [0.15, 0.2) is 0 Å². The van der Waals surface area contributed by atoms with Crippen LogP contribution in [0.5, 0.6) is 5.75 Å². The van der Waals surface area contributed by atoms with Crippen LogP contribution in [0.1, 0.15) is 31.2 Å². The Hall–Kier alpha value is -2.08. The third kappa shape index (κ3) is 4.01. The van der Waals surface area contributed by atoms with Crippen molar-refractivity contribution in [3.63, 3.8) is 0 Å². The molecule has 3 rings (SSSR count). The fraction of sp³-hybridized carbons (Fsp3) is 0.353. The van der Waals surface area contributed by atoms with Gasteiger partial charge in [0.2, 0.25) is 0 Å². The highest BCUT2D eigenvalue weighted by molar-refractivity contribution is 7.92. The summed E-state index contributed by atoms with van der Waals surface area (Å²) >= 11 is 0. The second-order valence-corrected chi connectivity index (χ2v) is 7.53. The highest BCUT2D eigenvalue weighted by Gasteiger charge is 2.18. The van der Waals surface area contributed by atoms with Gasteiger partial charge in [-0.2, -0.15) is 0 Å². The summed E-state index contributed by atoms with van der Waals surface area (Å²) < 4.78 is 33.2. The van der Waals surface area contributed by atoms with Gasteiger partial charge >= 0.3 is 0 Å². The second-order valence-electron chi connectivity index (χ2n) is 5.85. The minimum atomic E-state index is -3.62. The first-order chi connectivity index (χ1) is 11.0. The van der Waals surface area contributed by atoms with Crippen LogP contribution in [0, 0.1) is 6.92 Å². The Labute approximate surface area is 136 Å². The van der Waals surface area contributed by atoms with Crippen LogP contribution in [0.4, 0.5) is 5.69 Å². The molecule has 1 heterocycles. The van der Waals surface area contributed by atoms with Crippen molar-refractivity contribution in [2.24, 2.45) is 0 Å². The molecule has 1 aromatic heterocycles. The molecule has 23 heavy (non-hydrogen) atoms. The lowest BCUT2D eigenvalue weighted by molar-refractivity contribution is 0.210. The van der Waals surface area contributed by atoms with Crippen LogP contribution < -0.4 is 9.46 Å². The maximum atomic E-state index is 12.4. The number of sulfonamides is 1. The zero-order valence-electron chi connectivity index (χ0n) is 13.0. The van der Waals surface area contributed by atoms with Gasteiger partial charge in [-0.15, -0.1) is 0 Å². The zero-order valence-corrected chi connectivity index (χ0v) is 13.8.